The van der Waals surface area contributed by atoms with Crippen molar-refractivity contribution in [3.05, 3.63) is 29.8 Å². The number of halogens is 1. The third-order valence-electron chi connectivity index (χ3n) is 3.71. The first-order valence-electron chi connectivity index (χ1n) is 7.95. The van der Waals surface area contributed by atoms with Crippen molar-refractivity contribution in [1.82, 2.24) is 20.5 Å². The average molecular weight is 337 g/mol. The van der Waals surface area contributed by atoms with Crippen LogP contribution in [-0.2, 0) is 16.1 Å². The van der Waals surface area contributed by atoms with Gasteiger partial charge < -0.3 is 20.3 Å². The van der Waals surface area contributed by atoms with Gasteiger partial charge in [0.2, 0.25) is 5.91 Å². The number of aliphatic imine (C=N–C) groups is 1. The van der Waals surface area contributed by atoms with E-state index in [1.807, 2.05) is 0 Å². The monoisotopic (exact) mass is 337 g/mol. The number of rotatable bonds is 6. The van der Waals surface area contributed by atoms with E-state index >= 15 is 0 Å². The highest BCUT2D eigenvalue weighted by atomic mass is 19.1. The molecule has 1 aliphatic heterocycles. The van der Waals surface area contributed by atoms with Crippen LogP contribution in [0.15, 0.2) is 23.3 Å². The molecule has 2 N–H and O–H groups in total. The van der Waals surface area contributed by atoms with Crippen LogP contribution < -0.4 is 10.6 Å². The molecule has 1 aromatic rings. The van der Waals surface area contributed by atoms with Crippen molar-refractivity contribution in [3.63, 3.8) is 0 Å². The first-order valence-corrected chi connectivity index (χ1v) is 7.95. The third-order valence-corrected chi connectivity index (χ3v) is 3.71. The molecule has 1 aliphatic rings. The highest BCUT2D eigenvalue weighted by Gasteiger charge is 2.16. The fourth-order valence-corrected chi connectivity index (χ4v) is 2.17. The van der Waals surface area contributed by atoms with E-state index < -0.39 is 5.82 Å². The van der Waals surface area contributed by atoms with Crippen LogP contribution in [0.3, 0.4) is 0 Å². The molecule has 7 nitrogen and oxygen atoms in total. The molecule has 1 aromatic heterocycles. The molecule has 0 bridgehead atoms. The van der Waals surface area contributed by atoms with E-state index in [1.165, 1.54) is 23.2 Å². The molecular weight excluding hydrogens is 313 g/mol. The van der Waals surface area contributed by atoms with Gasteiger partial charge in [-0.1, -0.05) is 0 Å². The first kappa shape index (κ1) is 18.1. The Balaban J connectivity index is 1.95. The summed E-state index contributed by atoms with van der Waals surface area (Å²) in [5.74, 6) is 0.405. The van der Waals surface area contributed by atoms with E-state index in [-0.39, 0.29) is 24.7 Å². The number of guanidine groups is 1. The van der Waals surface area contributed by atoms with Crippen molar-refractivity contribution in [2.75, 3.05) is 40.4 Å². The highest BCUT2D eigenvalue weighted by Crippen LogP contribution is 2.10. The second kappa shape index (κ2) is 9.17. The molecular formula is C16H24FN5O2. The number of aromatic nitrogens is 1. The van der Waals surface area contributed by atoms with Crippen LogP contribution in [0, 0.1) is 11.7 Å². The number of hydrogen-bond donors (Lipinski definition) is 2. The van der Waals surface area contributed by atoms with Gasteiger partial charge in [0, 0.05) is 39.4 Å². The van der Waals surface area contributed by atoms with Crippen LogP contribution in [0.5, 0.6) is 0 Å². The number of nitrogens with zero attached hydrogens (tertiary/aromatic N) is 3. The molecule has 0 radical (unpaired) electrons. The maximum Gasteiger partial charge on any atom is 0.241 e. The molecule has 0 aromatic carbocycles. The Kier molecular flexibility index (Phi) is 6.92. The summed E-state index contributed by atoms with van der Waals surface area (Å²) in [5.41, 5.74) is 0.265. The Morgan fingerprint density at radius 2 is 2.33 bits per heavy atom. The molecule has 0 spiro atoms. The van der Waals surface area contributed by atoms with Gasteiger partial charge in [0.25, 0.3) is 0 Å². The van der Waals surface area contributed by atoms with Gasteiger partial charge in [-0.25, -0.2) is 9.38 Å². The smallest absolute Gasteiger partial charge is 0.241 e. The molecule has 1 atom stereocenters. The maximum atomic E-state index is 13.6. The zero-order valence-electron chi connectivity index (χ0n) is 14.1. The Morgan fingerprint density at radius 3 is 3.00 bits per heavy atom. The summed E-state index contributed by atoms with van der Waals surface area (Å²) in [6.07, 6.45) is 2.52. The van der Waals surface area contributed by atoms with Crippen molar-refractivity contribution >= 4 is 11.9 Å². The number of carbonyl (C=O) groups excluding carboxylic acids is 1. The van der Waals surface area contributed by atoms with E-state index in [4.69, 9.17) is 4.74 Å². The minimum atomic E-state index is -0.394. The zero-order valence-corrected chi connectivity index (χ0v) is 14.1. The number of carbonyl (C=O) groups is 1. The van der Waals surface area contributed by atoms with Gasteiger partial charge in [-0.05, 0) is 18.6 Å². The number of likely N-dealkylation sites (N-methyl/N-ethyl adjacent to an activating group) is 1. The SMILES string of the molecule is CN(C)C(=O)CNC(=NCc1ncccc1F)NCC1CCOC1. The van der Waals surface area contributed by atoms with Gasteiger partial charge in [-0.3, -0.25) is 9.78 Å². The lowest BCUT2D eigenvalue weighted by atomic mass is 10.1. The summed E-state index contributed by atoms with van der Waals surface area (Å²) >= 11 is 0. The molecule has 0 aliphatic carbocycles. The van der Waals surface area contributed by atoms with Crippen molar-refractivity contribution in [2.24, 2.45) is 10.9 Å². The molecule has 1 saturated heterocycles. The fraction of sp³-hybridized carbons (Fsp3) is 0.562. The van der Waals surface area contributed by atoms with Gasteiger partial charge in [0.05, 0.1) is 25.4 Å². The van der Waals surface area contributed by atoms with Gasteiger partial charge >= 0.3 is 0 Å². The van der Waals surface area contributed by atoms with Gasteiger partial charge in [-0.15, -0.1) is 0 Å². The van der Waals surface area contributed by atoms with Gasteiger partial charge in [0.15, 0.2) is 5.96 Å². The summed E-state index contributed by atoms with van der Waals surface area (Å²) in [4.78, 5) is 21.5. The van der Waals surface area contributed by atoms with Crippen molar-refractivity contribution in [1.29, 1.82) is 0 Å². The Morgan fingerprint density at radius 1 is 1.50 bits per heavy atom. The molecule has 1 unspecified atom stereocenters. The molecule has 1 amide bonds. The summed E-state index contributed by atoms with van der Waals surface area (Å²) in [6.45, 7) is 2.38. The number of amides is 1. The van der Waals surface area contributed by atoms with E-state index in [2.05, 4.69) is 20.6 Å². The number of ether oxygens (including phenoxy) is 1. The van der Waals surface area contributed by atoms with Crippen LogP contribution in [0.4, 0.5) is 4.39 Å². The third kappa shape index (κ3) is 5.77. The first-order chi connectivity index (χ1) is 11.6. The lowest BCUT2D eigenvalue weighted by molar-refractivity contribution is -0.127. The molecule has 2 heterocycles. The lowest BCUT2D eigenvalue weighted by Crippen LogP contribution is -2.44. The molecule has 24 heavy (non-hydrogen) atoms. The average Bonchev–Trinajstić information content (AvgIpc) is 3.08. The molecule has 0 saturated carbocycles. The highest BCUT2D eigenvalue weighted by molar-refractivity contribution is 5.86. The molecule has 2 rings (SSSR count). The van der Waals surface area contributed by atoms with Crippen LogP contribution in [0.2, 0.25) is 0 Å². The summed E-state index contributed by atoms with van der Waals surface area (Å²) < 4.78 is 19.0. The normalized spacial score (nSPS) is 17.6. The van der Waals surface area contributed by atoms with Crippen LogP contribution in [0.25, 0.3) is 0 Å². The Labute approximate surface area is 141 Å². The number of nitrogens with one attached hydrogen (secondary N) is 2. The fourth-order valence-electron chi connectivity index (χ4n) is 2.17. The quantitative estimate of drug-likeness (QED) is 0.580. The Bertz CT molecular complexity index is 573. The van der Waals surface area contributed by atoms with Crippen molar-refractivity contribution in [3.8, 4) is 0 Å². The van der Waals surface area contributed by atoms with Crippen LogP contribution in [-0.4, -0.2) is 62.1 Å². The standard InChI is InChI=1S/C16H24FN5O2/c1-22(2)15(23)10-21-16(19-8-12-5-7-24-11-12)20-9-14-13(17)4-3-6-18-14/h3-4,6,12H,5,7-11H2,1-2H3,(H2,19,20,21). The maximum absolute atomic E-state index is 13.6. The van der Waals surface area contributed by atoms with E-state index in [0.717, 1.165) is 13.0 Å². The van der Waals surface area contributed by atoms with E-state index in [0.29, 0.717) is 25.0 Å². The second-order valence-corrected chi connectivity index (χ2v) is 5.85. The largest absolute Gasteiger partial charge is 0.381 e. The molecule has 8 heteroatoms. The summed E-state index contributed by atoms with van der Waals surface area (Å²) in [6, 6.07) is 2.89. The lowest BCUT2D eigenvalue weighted by Gasteiger charge is -2.16. The van der Waals surface area contributed by atoms with Crippen LogP contribution in [0.1, 0.15) is 12.1 Å². The predicted molar refractivity (Wildman–Crippen MR) is 89.0 cm³/mol. The van der Waals surface area contributed by atoms with Crippen molar-refractivity contribution < 1.29 is 13.9 Å². The summed E-state index contributed by atoms with van der Waals surface area (Å²) in [7, 11) is 3.38. The molecule has 132 valence electrons. The van der Waals surface area contributed by atoms with Gasteiger partial charge in [0.1, 0.15) is 5.82 Å². The van der Waals surface area contributed by atoms with Crippen LogP contribution >= 0.6 is 0 Å². The van der Waals surface area contributed by atoms with E-state index in [9.17, 15) is 9.18 Å². The minimum Gasteiger partial charge on any atom is -0.381 e. The topological polar surface area (TPSA) is 78.9 Å². The molecule has 1 fully saturated rings. The Hall–Kier alpha value is -2.22. The van der Waals surface area contributed by atoms with E-state index in [1.54, 1.807) is 14.1 Å². The second-order valence-electron chi connectivity index (χ2n) is 5.85. The minimum absolute atomic E-state index is 0.0716. The predicted octanol–water partition coefficient (Wildman–Crippen LogP) is 0.381. The summed E-state index contributed by atoms with van der Waals surface area (Å²) in [5, 5.41) is 6.15. The van der Waals surface area contributed by atoms with Crippen molar-refractivity contribution in [2.45, 2.75) is 13.0 Å². The zero-order chi connectivity index (χ0) is 17.4. The van der Waals surface area contributed by atoms with Gasteiger partial charge in [-0.2, -0.15) is 0 Å². The number of hydrogen-bond acceptors (Lipinski definition) is 4. The number of pyridine rings is 1.